The van der Waals surface area contributed by atoms with Gasteiger partial charge in [-0.25, -0.2) is 4.79 Å². The quantitative estimate of drug-likeness (QED) is 0.733. The highest BCUT2D eigenvalue weighted by Gasteiger charge is 2.27. The number of H-pyrrole nitrogens is 2. The summed E-state index contributed by atoms with van der Waals surface area (Å²) in [6.07, 6.45) is 8.23. The highest BCUT2D eigenvalue weighted by Crippen LogP contribution is 2.30. The number of hydrogen-bond acceptors (Lipinski definition) is 2. The lowest BCUT2D eigenvalue weighted by molar-refractivity contribution is 0.390. The van der Waals surface area contributed by atoms with E-state index in [2.05, 4.69) is 30.7 Å². The Kier molecular flexibility index (Phi) is 5.38. The third-order valence-electron chi connectivity index (χ3n) is 3.83. The predicted octanol–water partition coefficient (Wildman–Crippen LogP) is 2.70. The fourth-order valence-electron chi connectivity index (χ4n) is 2.30. The maximum absolute atomic E-state index is 11.9. The predicted molar refractivity (Wildman–Crippen MR) is 74.1 cm³/mol. The van der Waals surface area contributed by atoms with Crippen LogP contribution in [-0.4, -0.2) is 9.97 Å². The maximum Gasteiger partial charge on any atom is 0.325 e. The average Bonchev–Trinajstić information content (AvgIpc) is 2.34. The zero-order chi connectivity index (χ0) is 13.6. The summed E-state index contributed by atoms with van der Waals surface area (Å²) < 4.78 is 0. The lowest BCUT2D eigenvalue weighted by atomic mass is 9.77. The minimum Gasteiger partial charge on any atom is -0.314 e. The molecule has 1 unspecified atom stereocenters. The second-order valence-electron chi connectivity index (χ2n) is 5.21. The molecule has 18 heavy (non-hydrogen) atoms. The molecule has 4 nitrogen and oxygen atoms in total. The molecule has 0 aromatic carbocycles. The van der Waals surface area contributed by atoms with Crippen LogP contribution in [0.1, 0.15) is 64.9 Å². The van der Waals surface area contributed by atoms with E-state index in [1.54, 1.807) is 6.20 Å². The van der Waals surface area contributed by atoms with E-state index in [1.807, 2.05) is 0 Å². The van der Waals surface area contributed by atoms with Crippen LogP contribution in [0.3, 0.4) is 0 Å². The van der Waals surface area contributed by atoms with Crippen molar-refractivity contribution in [3.63, 3.8) is 0 Å². The molecule has 0 aliphatic heterocycles. The number of aromatic amines is 2. The van der Waals surface area contributed by atoms with Gasteiger partial charge in [0.1, 0.15) is 0 Å². The van der Waals surface area contributed by atoms with Crippen molar-refractivity contribution in [3.8, 4) is 0 Å². The number of aromatic nitrogens is 2. The van der Waals surface area contributed by atoms with Gasteiger partial charge in [0.2, 0.25) is 0 Å². The van der Waals surface area contributed by atoms with Gasteiger partial charge >= 0.3 is 5.69 Å². The number of rotatable bonds is 7. The summed E-state index contributed by atoms with van der Waals surface area (Å²) in [5.41, 5.74) is -0.140. The van der Waals surface area contributed by atoms with Crippen molar-refractivity contribution in [2.75, 3.05) is 0 Å². The number of hydrogen-bond donors (Lipinski definition) is 2. The molecule has 0 aliphatic rings. The van der Waals surface area contributed by atoms with Crippen molar-refractivity contribution in [3.05, 3.63) is 32.6 Å². The van der Waals surface area contributed by atoms with E-state index in [4.69, 9.17) is 0 Å². The maximum atomic E-state index is 11.9. The first-order valence-electron chi connectivity index (χ1n) is 6.86. The summed E-state index contributed by atoms with van der Waals surface area (Å²) in [6, 6.07) is 0. The molecule has 0 radical (unpaired) electrons. The third-order valence-corrected chi connectivity index (χ3v) is 3.83. The summed E-state index contributed by atoms with van der Waals surface area (Å²) in [6.45, 7) is 6.37. The van der Waals surface area contributed by atoms with E-state index in [9.17, 15) is 9.59 Å². The Balaban J connectivity index is 2.86. The molecule has 1 atom stereocenters. The summed E-state index contributed by atoms with van der Waals surface area (Å²) in [5, 5.41) is 0. The minimum absolute atomic E-state index is 0.147. The first-order chi connectivity index (χ1) is 8.53. The summed E-state index contributed by atoms with van der Waals surface area (Å²) in [4.78, 5) is 27.8. The molecular weight excluding hydrogens is 228 g/mol. The van der Waals surface area contributed by atoms with Gasteiger partial charge in [-0.1, -0.05) is 46.5 Å². The van der Waals surface area contributed by atoms with Crippen LogP contribution in [0.5, 0.6) is 0 Å². The van der Waals surface area contributed by atoms with Gasteiger partial charge in [0.05, 0.1) is 0 Å². The fraction of sp³-hybridized carbons (Fsp3) is 0.714. The SMILES string of the molecule is CCCCCCC(C)(CC)c1c[nH]c(=O)[nH]c1=O. The van der Waals surface area contributed by atoms with E-state index in [0.29, 0.717) is 5.56 Å². The van der Waals surface area contributed by atoms with Gasteiger partial charge in [-0.2, -0.15) is 0 Å². The molecule has 0 saturated heterocycles. The molecule has 0 aliphatic carbocycles. The van der Waals surface area contributed by atoms with Crippen LogP contribution in [0.15, 0.2) is 15.8 Å². The van der Waals surface area contributed by atoms with Crippen LogP contribution in [0, 0.1) is 0 Å². The smallest absolute Gasteiger partial charge is 0.314 e. The fourth-order valence-corrected chi connectivity index (χ4v) is 2.30. The van der Waals surface area contributed by atoms with E-state index < -0.39 is 5.69 Å². The van der Waals surface area contributed by atoms with Gasteiger partial charge in [0, 0.05) is 11.8 Å². The number of nitrogens with one attached hydrogen (secondary N) is 2. The average molecular weight is 252 g/mol. The number of unbranched alkanes of at least 4 members (excludes halogenated alkanes) is 3. The Hall–Kier alpha value is -1.32. The molecule has 1 aromatic rings. The first kappa shape index (κ1) is 14.7. The molecule has 4 heteroatoms. The van der Waals surface area contributed by atoms with Gasteiger partial charge in [-0.3, -0.25) is 9.78 Å². The molecule has 0 saturated carbocycles. The summed E-state index contributed by atoms with van der Waals surface area (Å²) in [7, 11) is 0. The van der Waals surface area contributed by atoms with E-state index in [-0.39, 0.29) is 11.0 Å². The molecule has 1 heterocycles. The minimum atomic E-state index is -0.437. The van der Waals surface area contributed by atoms with Crippen LogP contribution in [0.25, 0.3) is 0 Å². The van der Waals surface area contributed by atoms with E-state index in [1.165, 1.54) is 19.3 Å². The second-order valence-corrected chi connectivity index (χ2v) is 5.21. The molecule has 0 spiro atoms. The molecule has 102 valence electrons. The van der Waals surface area contributed by atoms with Crippen molar-refractivity contribution in [1.29, 1.82) is 0 Å². The highest BCUT2D eigenvalue weighted by atomic mass is 16.2. The molecule has 2 N–H and O–H groups in total. The Labute approximate surface area is 108 Å². The summed E-state index contributed by atoms with van der Waals surface area (Å²) >= 11 is 0. The van der Waals surface area contributed by atoms with Crippen LogP contribution in [0.2, 0.25) is 0 Å². The second kappa shape index (κ2) is 6.57. The van der Waals surface area contributed by atoms with Gasteiger partial charge in [-0.15, -0.1) is 0 Å². The van der Waals surface area contributed by atoms with Gasteiger partial charge in [0.15, 0.2) is 0 Å². The van der Waals surface area contributed by atoms with Crippen molar-refractivity contribution >= 4 is 0 Å². The third kappa shape index (κ3) is 3.59. The van der Waals surface area contributed by atoms with Crippen molar-refractivity contribution in [2.24, 2.45) is 0 Å². The summed E-state index contributed by atoms with van der Waals surface area (Å²) in [5.74, 6) is 0. The van der Waals surface area contributed by atoms with E-state index >= 15 is 0 Å². The Morgan fingerprint density at radius 1 is 1.17 bits per heavy atom. The Morgan fingerprint density at radius 2 is 1.89 bits per heavy atom. The monoisotopic (exact) mass is 252 g/mol. The first-order valence-corrected chi connectivity index (χ1v) is 6.86. The van der Waals surface area contributed by atoms with Crippen LogP contribution in [-0.2, 0) is 5.41 Å². The van der Waals surface area contributed by atoms with Crippen LogP contribution in [0.4, 0.5) is 0 Å². The zero-order valence-electron chi connectivity index (χ0n) is 11.6. The van der Waals surface area contributed by atoms with Gasteiger partial charge in [0.25, 0.3) is 5.56 Å². The van der Waals surface area contributed by atoms with Crippen LogP contribution < -0.4 is 11.2 Å². The molecule has 1 rings (SSSR count). The Morgan fingerprint density at radius 3 is 2.44 bits per heavy atom. The largest absolute Gasteiger partial charge is 0.325 e. The molecular formula is C14H24N2O2. The van der Waals surface area contributed by atoms with Gasteiger partial charge < -0.3 is 4.98 Å². The zero-order valence-corrected chi connectivity index (χ0v) is 11.6. The molecule has 1 aromatic heterocycles. The molecule has 0 amide bonds. The van der Waals surface area contributed by atoms with Crippen molar-refractivity contribution in [2.45, 2.75) is 64.7 Å². The van der Waals surface area contributed by atoms with Gasteiger partial charge in [-0.05, 0) is 18.3 Å². The van der Waals surface area contributed by atoms with Crippen LogP contribution >= 0.6 is 0 Å². The standard InChI is InChI=1S/C14H24N2O2/c1-4-6-7-8-9-14(3,5-2)11-10-15-13(18)16-12(11)17/h10H,4-9H2,1-3H3,(H2,15,16,17,18). The topological polar surface area (TPSA) is 65.7 Å². The highest BCUT2D eigenvalue weighted by molar-refractivity contribution is 5.17. The molecule has 0 bridgehead atoms. The lowest BCUT2D eigenvalue weighted by Gasteiger charge is -2.27. The van der Waals surface area contributed by atoms with Crippen molar-refractivity contribution in [1.82, 2.24) is 9.97 Å². The van der Waals surface area contributed by atoms with E-state index in [0.717, 1.165) is 19.3 Å². The Bertz CT molecular complexity index is 475. The molecule has 0 fully saturated rings. The van der Waals surface area contributed by atoms with Crippen molar-refractivity contribution < 1.29 is 0 Å². The normalized spacial score (nSPS) is 14.4. The lowest BCUT2D eigenvalue weighted by Crippen LogP contribution is -2.34.